The van der Waals surface area contributed by atoms with Gasteiger partial charge in [0.2, 0.25) is 10.0 Å². The Morgan fingerprint density at radius 2 is 1.78 bits per heavy atom. The molecule has 1 aliphatic heterocycles. The maximum atomic E-state index is 13.0. The van der Waals surface area contributed by atoms with Gasteiger partial charge in [0, 0.05) is 12.1 Å². The predicted molar refractivity (Wildman–Crippen MR) is 90.0 cm³/mol. The lowest BCUT2D eigenvalue weighted by Crippen LogP contribution is -2.30. The van der Waals surface area contributed by atoms with E-state index in [-0.39, 0.29) is 6.04 Å². The Kier molecular flexibility index (Phi) is 4.41. The molecule has 122 valence electrons. The summed E-state index contributed by atoms with van der Waals surface area (Å²) in [6.07, 6.45) is 1.67. The number of aryl methyl sites for hydroxylation is 1. The van der Waals surface area contributed by atoms with Crippen LogP contribution in [-0.2, 0) is 10.0 Å². The van der Waals surface area contributed by atoms with Gasteiger partial charge in [-0.05, 0) is 38.0 Å². The second kappa shape index (κ2) is 6.34. The minimum Gasteiger partial charge on any atom is -0.496 e. The highest BCUT2D eigenvalue weighted by Crippen LogP contribution is 2.40. The zero-order valence-electron chi connectivity index (χ0n) is 13.4. The summed E-state index contributed by atoms with van der Waals surface area (Å²) in [5, 5.41) is 0. The van der Waals surface area contributed by atoms with Crippen molar-refractivity contribution in [2.45, 2.75) is 30.7 Å². The zero-order valence-corrected chi connectivity index (χ0v) is 14.2. The first-order valence-electron chi connectivity index (χ1n) is 7.75. The van der Waals surface area contributed by atoms with E-state index in [2.05, 4.69) is 0 Å². The lowest BCUT2D eigenvalue weighted by molar-refractivity contribution is 0.367. The first-order chi connectivity index (χ1) is 11.0. The van der Waals surface area contributed by atoms with E-state index in [0.717, 1.165) is 29.7 Å². The second-order valence-electron chi connectivity index (χ2n) is 5.83. The van der Waals surface area contributed by atoms with E-state index in [1.54, 1.807) is 23.5 Å². The van der Waals surface area contributed by atoms with Gasteiger partial charge in [-0.2, -0.15) is 4.31 Å². The fourth-order valence-electron chi connectivity index (χ4n) is 3.13. The second-order valence-corrected chi connectivity index (χ2v) is 7.72. The molecule has 2 aromatic carbocycles. The van der Waals surface area contributed by atoms with E-state index in [4.69, 9.17) is 4.74 Å². The van der Waals surface area contributed by atoms with Crippen molar-refractivity contribution in [3.05, 3.63) is 59.7 Å². The van der Waals surface area contributed by atoms with Crippen LogP contribution in [0.1, 0.15) is 30.0 Å². The van der Waals surface area contributed by atoms with Gasteiger partial charge in [-0.25, -0.2) is 8.42 Å². The molecule has 3 rings (SSSR count). The number of nitrogens with zero attached hydrogens (tertiary/aromatic N) is 1. The van der Waals surface area contributed by atoms with Gasteiger partial charge in [0.25, 0.3) is 0 Å². The number of ether oxygens (including phenoxy) is 1. The lowest BCUT2D eigenvalue weighted by atomic mass is 10.0. The van der Waals surface area contributed by atoms with Crippen LogP contribution in [0.25, 0.3) is 0 Å². The van der Waals surface area contributed by atoms with E-state index in [9.17, 15) is 8.42 Å². The molecule has 1 atom stereocenters. The number of benzene rings is 2. The van der Waals surface area contributed by atoms with Crippen molar-refractivity contribution in [3.63, 3.8) is 0 Å². The van der Waals surface area contributed by atoms with Crippen LogP contribution in [0.5, 0.6) is 5.75 Å². The van der Waals surface area contributed by atoms with Gasteiger partial charge >= 0.3 is 0 Å². The predicted octanol–water partition coefficient (Wildman–Crippen LogP) is 3.53. The van der Waals surface area contributed by atoms with E-state index < -0.39 is 10.0 Å². The molecule has 0 N–H and O–H groups in total. The zero-order chi connectivity index (χ0) is 16.4. The van der Waals surface area contributed by atoms with Crippen LogP contribution >= 0.6 is 0 Å². The van der Waals surface area contributed by atoms with E-state index in [0.29, 0.717) is 11.4 Å². The quantitative estimate of drug-likeness (QED) is 0.861. The Morgan fingerprint density at radius 1 is 1.09 bits per heavy atom. The van der Waals surface area contributed by atoms with Crippen LogP contribution in [0, 0.1) is 6.92 Å². The number of para-hydroxylation sites is 1. The number of hydrogen-bond acceptors (Lipinski definition) is 3. The molecule has 2 aromatic rings. The smallest absolute Gasteiger partial charge is 0.243 e. The molecule has 0 aromatic heterocycles. The van der Waals surface area contributed by atoms with Gasteiger partial charge in [-0.3, -0.25) is 0 Å². The van der Waals surface area contributed by atoms with Crippen LogP contribution in [0.2, 0.25) is 0 Å². The summed E-state index contributed by atoms with van der Waals surface area (Å²) in [5.74, 6) is 0.739. The first-order valence-corrected chi connectivity index (χ1v) is 9.19. The summed E-state index contributed by atoms with van der Waals surface area (Å²) in [6.45, 7) is 2.49. The summed E-state index contributed by atoms with van der Waals surface area (Å²) in [4.78, 5) is 0.352. The maximum absolute atomic E-state index is 13.0. The van der Waals surface area contributed by atoms with E-state index in [1.807, 2.05) is 43.3 Å². The minimum absolute atomic E-state index is 0.169. The molecule has 23 heavy (non-hydrogen) atoms. The first kappa shape index (κ1) is 16.0. The molecular weight excluding hydrogens is 310 g/mol. The molecule has 5 heteroatoms. The third-order valence-electron chi connectivity index (χ3n) is 4.33. The normalized spacial score (nSPS) is 19.0. The van der Waals surface area contributed by atoms with Crippen molar-refractivity contribution in [3.8, 4) is 5.75 Å². The van der Waals surface area contributed by atoms with Crippen molar-refractivity contribution in [1.82, 2.24) is 4.31 Å². The summed E-state index contributed by atoms with van der Waals surface area (Å²) < 4.78 is 33.1. The molecule has 0 unspecified atom stereocenters. The fourth-order valence-corrected chi connectivity index (χ4v) is 4.80. The molecular formula is C18H21NO3S. The Balaban J connectivity index is 1.99. The Morgan fingerprint density at radius 3 is 2.48 bits per heavy atom. The van der Waals surface area contributed by atoms with Crippen LogP contribution in [-0.4, -0.2) is 26.4 Å². The number of rotatable bonds is 4. The summed E-state index contributed by atoms with van der Waals surface area (Å²) in [5.41, 5.74) is 1.98. The third kappa shape index (κ3) is 2.99. The van der Waals surface area contributed by atoms with Crippen molar-refractivity contribution in [2.24, 2.45) is 0 Å². The van der Waals surface area contributed by atoms with Crippen molar-refractivity contribution in [1.29, 1.82) is 0 Å². The standard InChI is InChI=1S/C18H21NO3S/c1-14-9-11-15(12-10-14)23(20,21)19-13-5-7-17(19)16-6-3-4-8-18(16)22-2/h3-4,6,8-12,17H,5,7,13H2,1-2H3/t17-/m1/s1. The Labute approximate surface area is 137 Å². The molecule has 1 fully saturated rings. The SMILES string of the molecule is COc1ccccc1[C@H]1CCCN1S(=O)(=O)c1ccc(C)cc1. The number of sulfonamides is 1. The largest absolute Gasteiger partial charge is 0.496 e. The van der Waals surface area contributed by atoms with Crippen molar-refractivity contribution >= 4 is 10.0 Å². The average Bonchev–Trinajstić information content (AvgIpc) is 3.05. The summed E-state index contributed by atoms with van der Waals surface area (Å²) >= 11 is 0. The van der Waals surface area contributed by atoms with Gasteiger partial charge < -0.3 is 4.74 Å². The monoisotopic (exact) mass is 331 g/mol. The highest BCUT2D eigenvalue weighted by molar-refractivity contribution is 7.89. The van der Waals surface area contributed by atoms with Gasteiger partial charge in [0.15, 0.2) is 0 Å². The van der Waals surface area contributed by atoms with E-state index >= 15 is 0 Å². The topological polar surface area (TPSA) is 46.6 Å². The van der Waals surface area contributed by atoms with Gasteiger partial charge in [-0.1, -0.05) is 35.9 Å². The van der Waals surface area contributed by atoms with Crippen molar-refractivity contribution < 1.29 is 13.2 Å². The lowest BCUT2D eigenvalue weighted by Gasteiger charge is -2.25. The van der Waals surface area contributed by atoms with Crippen LogP contribution < -0.4 is 4.74 Å². The van der Waals surface area contributed by atoms with Gasteiger partial charge in [-0.15, -0.1) is 0 Å². The van der Waals surface area contributed by atoms with Crippen LogP contribution in [0.3, 0.4) is 0 Å². The molecule has 1 heterocycles. The highest BCUT2D eigenvalue weighted by atomic mass is 32.2. The van der Waals surface area contributed by atoms with Gasteiger partial charge in [0.1, 0.15) is 5.75 Å². The Hall–Kier alpha value is -1.85. The molecule has 0 spiro atoms. The fraction of sp³-hybridized carbons (Fsp3) is 0.333. The van der Waals surface area contributed by atoms with Gasteiger partial charge in [0.05, 0.1) is 18.0 Å². The molecule has 0 radical (unpaired) electrons. The van der Waals surface area contributed by atoms with E-state index in [1.165, 1.54) is 0 Å². The summed E-state index contributed by atoms with van der Waals surface area (Å²) in [7, 11) is -1.88. The molecule has 1 aliphatic rings. The minimum atomic E-state index is -3.50. The third-order valence-corrected chi connectivity index (χ3v) is 6.25. The molecule has 0 bridgehead atoms. The maximum Gasteiger partial charge on any atom is 0.243 e. The number of methoxy groups -OCH3 is 1. The highest BCUT2D eigenvalue weighted by Gasteiger charge is 2.37. The Bertz CT molecular complexity index is 784. The molecule has 0 saturated carbocycles. The average molecular weight is 331 g/mol. The summed E-state index contributed by atoms with van der Waals surface area (Å²) in [6, 6.07) is 14.5. The molecule has 4 nitrogen and oxygen atoms in total. The molecule has 1 saturated heterocycles. The number of hydrogen-bond donors (Lipinski definition) is 0. The van der Waals surface area contributed by atoms with Crippen molar-refractivity contribution in [2.75, 3.05) is 13.7 Å². The van der Waals surface area contributed by atoms with Crippen LogP contribution in [0.15, 0.2) is 53.4 Å². The molecule has 0 amide bonds. The molecule has 0 aliphatic carbocycles. The van der Waals surface area contributed by atoms with Crippen LogP contribution in [0.4, 0.5) is 0 Å².